The molecule has 8 heteroatoms. The van der Waals surface area contributed by atoms with E-state index < -0.39 is 21.2 Å². The molecule has 0 aliphatic carbocycles. The standard InChI is InChI=1S/C21H27N3O4S/c1-6-28-21(25)20-19(18(11-22)13-24(20)5)17-9-7-16(8-10-17)15(4)12-23-29(26,27)14(2)3/h7-10,13-15,23H,6,12H2,1-5H3. The number of benzene rings is 1. The summed E-state index contributed by atoms with van der Waals surface area (Å²) in [7, 11) is -1.62. The lowest BCUT2D eigenvalue weighted by molar-refractivity contribution is 0.0516. The molecule has 0 amide bonds. The molecule has 29 heavy (non-hydrogen) atoms. The fraction of sp³-hybridized carbons (Fsp3) is 0.429. The normalized spacial score (nSPS) is 12.6. The molecule has 1 aromatic heterocycles. The lowest BCUT2D eigenvalue weighted by Crippen LogP contribution is -2.33. The minimum Gasteiger partial charge on any atom is -0.461 e. The molecule has 2 rings (SSSR count). The minimum absolute atomic E-state index is 0.0340. The van der Waals surface area contributed by atoms with Gasteiger partial charge in [-0.15, -0.1) is 0 Å². The Labute approximate surface area is 172 Å². The van der Waals surface area contributed by atoms with Crippen molar-refractivity contribution in [2.24, 2.45) is 7.05 Å². The number of nitriles is 1. The number of aromatic nitrogens is 1. The van der Waals surface area contributed by atoms with Crippen LogP contribution in [0.3, 0.4) is 0 Å². The van der Waals surface area contributed by atoms with Gasteiger partial charge in [-0.2, -0.15) is 5.26 Å². The highest BCUT2D eigenvalue weighted by Crippen LogP contribution is 2.31. The van der Waals surface area contributed by atoms with E-state index in [2.05, 4.69) is 10.8 Å². The van der Waals surface area contributed by atoms with Gasteiger partial charge in [0.25, 0.3) is 0 Å². The number of rotatable bonds is 8. The van der Waals surface area contributed by atoms with Crippen LogP contribution in [0.2, 0.25) is 0 Å². The molecule has 156 valence electrons. The highest BCUT2D eigenvalue weighted by Gasteiger charge is 2.23. The third-order valence-electron chi connectivity index (χ3n) is 4.75. The number of nitrogens with one attached hydrogen (secondary N) is 1. The van der Waals surface area contributed by atoms with Crippen LogP contribution in [-0.2, 0) is 21.8 Å². The van der Waals surface area contributed by atoms with Gasteiger partial charge in [0.2, 0.25) is 10.0 Å². The van der Waals surface area contributed by atoms with E-state index >= 15 is 0 Å². The number of hydrogen-bond donors (Lipinski definition) is 1. The Morgan fingerprint density at radius 3 is 2.38 bits per heavy atom. The predicted octanol–water partition coefficient (Wildman–Crippen LogP) is 3.17. The molecule has 2 aromatic rings. The van der Waals surface area contributed by atoms with E-state index in [4.69, 9.17) is 4.74 Å². The number of esters is 1. The molecule has 0 saturated carbocycles. The predicted molar refractivity (Wildman–Crippen MR) is 112 cm³/mol. The Bertz CT molecular complexity index is 1020. The SMILES string of the molecule is CCOC(=O)c1c(-c2ccc(C(C)CNS(=O)(=O)C(C)C)cc2)c(C#N)cn1C. The van der Waals surface area contributed by atoms with Crippen LogP contribution in [0.4, 0.5) is 0 Å². The second-order valence-electron chi connectivity index (χ2n) is 7.17. The molecule has 0 radical (unpaired) electrons. The summed E-state index contributed by atoms with van der Waals surface area (Å²) in [5, 5.41) is 9.00. The molecule has 0 bridgehead atoms. The second-order valence-corrected chi connectivity index (χ2v) is 9.50. The average Bonchev–Trinajstić information content (AvgIpc) is 3.02. The van der Waals surface area contributed by atoms with Gasteiger partial charge in [-0.1, -0.05) is 31.2 Å². The summed E-state index contributed by atoms with van der Waals surface area (Å²) in [5.74, 6) is -0.514. The molecule has 0 fully saturated rings. The van der Waals surface area contributed by atoms with Gasteiger partial charge in [0.15, 0.2) is 0 Å². The van der Waals surface area contributed by atoms with Crippen molar-refractivity contribution in [3.8, 4) is 17.2 Å². The lowest BCUT2D eigenvalue weighted by atomic mass is 9.96. The third kappa shape index (κ3) is 5.05. The molecule has 0 aliphatic heterocycles. The second kappa shape index (κ2) is 9.25. The number of sulfonamides is 1. The number of nitrogens with zero attached hydrogens (tertiary/aromatic N) is 2. The molecule has 7 nitrogen and oxygen atoms in total. The van der Waals surface area contributed by atoms with Crippen molar-refractivity contribution in [1.29, 1.82) is 5.26 Å². The molecule has 1 N–H and O–H groups in total. The molecule has 0 spiro atoms. The zero-order valence-electron chi connectivity index (χ0n) is 17.4. The van der Waals surface area contributed by atoms with E-state index in [1.807, 2.05) is 31.2 Å². The summed E-state index contributed by atoms with van der Waals surface area (Å²) in [6.07, 6.45) is 1.61. The van der Waals surface area contributed by atoms with Crippen molar-refractivity contribution in [1.82, 2.24) is 9.29 Å². The molecule has 1 aromatic carbocycles. The van der Waals surface area contributed by atoms with Crippen LogP contribution in [-0.4, -0.2) is 37.4 Å². The van der Waals surface area contributed by atoms with Gasteiger partial charge in [-0.05, 0) is 37.8 Å². The van der Waals surface area contributed by atoms with Crippen LogP contribution in [0, 0.1) is 11.3 Å². The van der Waals surface area contributed by atoms with Crippen molar-refractivity contribution >= 4 is 16.0 Å². The fourth-order valence-electron chi connectivity index (χ4n) is 2.95. The van der Waals surface area contributed by atoms with E-state index in [-0.39, 0.29) is 12.5 Å². The van der Waals surface area contributed by atoms with Gasteiger partial charge in [-0.3, -0.25) is 0 Å². The van der Waals surface area contributed by atoms with Crippen LogP contribution in [0.1, 0.15) is 55.2 Å². The van der Waals surface area contributed by atoms with Gasteiger partial charge >= 0.3 is 5.97 Å². The third-order valence-corrected chi connectivity index (χ3v) is 6.56. The Morgan fingerprint density at radius 1 is 1.24 bits per heavy atom. The fourth-order valence-corrected chi connectivity index (χ4v) is 3.77. The maximum absolute atomic E-state index is 12.4. The zero-order valence-corrected chi connectivity index (χ0v) is 18.2. The van der Waals surface area contributed by atoms with E-state index in [9.17, 15) is 18.5 Å². The topological polar surface area (TPSA) is 101 Å². The van der Waals surface area contributed by atoms with Crippen LogP contribution in [0.25, 0.3) is 11.1 Å². The van der Waals surface area contributed by atoms with Crippen molar-refractivity contribution in [2.45, 2.75) is 38.9 Å². The van der Waals surface area contributed by atoms with Gasteiger partial charge in [-0.25, -0.2) is 17.9 Å². The quantitative estimate of drug-likeness (QED) is 0.665. The highest BCUT2D eigenvalue weighted by atomic mass is 32.2. The summed E-state index contributed by atoms with van der Waals surface area (Å²) in [6, 6.07) is 9.57. The Morgan fingerprint density at radius 2 is 1.86 bits per heavy atom. The van der Waals surface area contributed by atoms with Gasteiger partial charge in [0.1, 0.15) is 11.8 Å². The summed E-state index contributed by atoms with van der Waals surface area (Å²) in [5.41, 5.74) is 2.93. The highest BCUT2D eigenvalue weighted by molar-refractivity contribution is 7.90. The Kier molecular flexibility index (Phi) is 7.22. The van der Waals surface area contributed by atoms with Gasteiger partial charge in [0, 0.05) is 25.4 Å². The minimum atomic E-state index is -3.32. The number of ether oxygens (including phenoxy) is 1. The van der Waals surface area contributed by atoms with E-state index in [0.717, 1.165) is 11.1 Å². The number of aryl methyl sites for hydroxylation is 1. The van der Waals surface area contributed by atoms with Crippen molar-refractivity contribution in [3.63, 3.8) is 0 Å². The zero-order chi connectivity index (χ0) is 21.8. The van der Waals surface area contributed by atoms with E-state index in [0.29, 0.717) is 23.4 Å². The van der Waals surface area contributed by atoms with Gasteiger partial charge in [0.05, 0.1) is 17.4 Å². The first kappa shape index (κ1) is 22.7. The Hall–Kier alpha value is -2.63. The summed E-state index contributed by atoms with van der Waals surface area (Å²) in [4.78, 5) is 12.4. The van der Waals surface area contributed by atoms with Crippen LogP contribution in [0.5, 0.6) is 0 Å². The van der Waals surface area contributed by atoms with Crippen LogP contribution >= 0.6 is 0 Å². The van der Waals surface area contributed by atoms with Crippen LogP contribution < -0.4 is 4.72 Å². The molecule has 0 saturated heterocycles. The van der Waals surface area contributed by atoms with E-state index in [1.54, 1.807) is 38.6 Å². The summed E-state index contributed by atoms with van der Waals surface area (Å²) in [6.45, 7) is 7.47. The first-order chi connectivity index (χ1) is 13.6. The van der Waals surface area contributed by atoms with Crippen molar-refractivity contribution in [2.75, 3.05) is 13.2 Å². The molecular weight excluding hydrogens is 390 g/mol. The number of hydrogen-bond acceptors (Lipinski definition) is 5. The summed E-state index contributed by atoms with van der Waals surface area (Å²) < 4.78 is 33.3. The molecule has 0 aliphatic rings. The van der Waals surface area contributed by atoms with Crippen LogP contribution in [0.15, 0.2) is 30.5 Å². The average molecular weight is 418 g/mol. The van der Waals surface area contributed by atoms with E-state index in [1.165, 1.54) is 0 Å². The smallest absolute Gasteiger partial charge is 0.355 e. The van der Waals surface area contributed by atoms with Gasteiger partial charge < -0.3 is 9.30 Å². The van der Waals surface area contributed by atoms with Crippen molar-refractivity contribution < 1.29 is 17.9 Å². The first-order valence-corrected chi connectivity index (χ1v) is 11.0. The lowest BCUT2D eigenvalue weighted by Gasteiger charge is -2.15. The Balaban J connectivity index is 2.31. The number of carbonyl (C=O) groups is 1. The summed E-state index contributed by atoms with van der Waals surface area (Å²) >= 11 is 0. The number of carbonyl (C=O) groups excluding carboxylic acids is 1. The maximum Gasteiger partial charge on any atom is 0.355 e. The van der Waals surface area contributed by atoms with Crippen molar-refractivity contribution in [3.05, 3.63) is 47.3 Å². The molecular formula is C21H27N3O4S. The molecule has 1 heterocycles. The largest absolute Gasteiger partial charge is 0.461 e. The first-order valence-electron chi connectivity index (χ1n) is 9.47. The molecule has 1 unspecified atom stereocenters. The maximum atomic E-state index is 12.4. The molecule has 1 atom stereocenters. The monoisotopic (exact) mass is 417 g/mol.